The molecule has 1 unspecified atom stereocenters. The predicted molar refractivity (Wildman–Crippen MR) is 102 cm³/mol. The zero-order chi connectivity index (χ0) is 18.8. The van der Waals surface area contributed by atoms with Gasteiger partial charge in [-0.05, 0) is 32.4 Å². The van der Waals surface area contributed by atoms with Gasteiger partial charge < -0.3 is 24.6 Å². The Hall–Kier alpha value is -2.70. The number of nitrogens with one attached hydrogen (secondary N) is 2. The molecule has 0 aliphatic heterocycles. The molecule has 1 aromatic heterocycles. The molecule has 0 aliphatic carbocycles. The van der Waals surface area contributed by atoms with Crippen LogP contribution in [-0.4, -0.2) is 37.4 Å². The Bertz CT molecular complexity index is 700. The highest BCUT2D eigenvalue weighted by molar-refractivity contribution is 5.79. The van der Waals surface area contributed by atoms with E-state index in [0.29, 0.717) is 19.0 Å². The SMILES string of the molecule is CCNC(=NCc1cc(CC)no1)NCC(C)Oc1ccccc1OC. The fraction of sp³-hybridized carbons (Fsp3) is 0.474. The number of aromatic nitrogens is 1. The van der Waals surface area contributed by atoms with Gasteiger partial charge in [0.05, 0.1) is 19.3 Å². The van der Waals surface area contributed by atoms with Crippen LogP contribution in [0.4, 0.5) is 0 Å². The highest BCUT2D eigenvalue weighted by atomic mass is 16.5. The molecule has 2 N–H and O–H groups in total. The minimum absolute atomic E-state index is 0.0628. The molecule has 1 atom stereocenters. The van der Waals surface area contributed by atoms with Crippen LogP contribution < -0.4 is 20.1 Å². The lowest BCUT2D eigenvalue weighted by Gasteiger charge is -2.18. The fourth-order valence-corrected chi connectivity index (χ4v) is 2.31. The Morgan fingerprint density at radius 3 is 2.65 bits per heavy atom. The monoisotopic (exact) mass is 360 g/mol. The number of benzene rings is 1. The van der Waals surface area contributed by atoms with E-state index in [1.54, 1.807) is 7.11 Å². The number of hydrogen-bond donors (Lipinski definition) is 2. The van der Waals surface area contributed by atoms with Crippen molar-refractivity contribution < 1.29 is 14.0 Å². The van der Waals surface area contributed by atoms with Crippen molar-refractivity contribution in [2.45, 2.75) is 39.8 Å². The number of hydrogen-bond acceptors (Lipinski definition) is 5. The van der Waals surface area contributed by atoms with Gasteiger partial charge in [-0.3, -0.25) is 0 Å². The van der Waals surface area contributed by atoms with Gasteiger partial charge in [0.25, 0.3) is 0 Å². The molecule has 26 heavy (non-hydrogen) atoms. The molecule has 0 saturated carbocycles. The van der Waals surface area contributed by atoms with Crippen LogP contribution in [0.5, 0.6) is 11.5 Å². The van der Waals surface area contributed by atoms with Gasteiger partial charge in [0.2, 0.25) is 0 Å². The second kappa shape index (κ2) is 10.3. The largest absolute Gasteiger partial charge is 0.493 e. The predicted octanol–water partition coefficient (Wildman–Crippen LogP) is 2.77. The topological polar surface area (TPSA) is 80.9 Å². The van der Waals surface area contributed by atoms with Crippen molar-refractivity contribution in [3.05, 3.63) is 41.8 Å². The van der Waals surface area contributed by atoms with Crippen molar-refractivity contribution in [1.82, 2.24) is 15.8 Å². The van der Waals surface area contributed by atoms with Crippen LogP contribution in [0, 0.1) is 0 Å². The summed E-state index contributed by atoms with van der Waals surface area (Å²) in [4.78, 5) is 4.52. The Kier molecular flexibility index (Phi) is 7.79. The van der Waals surface area contributed by atoms with Gasteiger partial charge in [-0.25, -0.2) is 4.99 Å². The zero-order valence-corrected chi connectivity index (χ0v) is 15.9. The van der Waals surface area contributed by atoms with E-state index in [1.807, 2.05) is 51.1 Å². The van der Waals surface area contributed by atoms with E-state index < -0.39 is 0 Å². The van der Waals surface area contributed by atoms with Gasteiger partial charge in [-0.1, -0.05) is 24.2 Å². The minimum atomic E-state index is -0.0628. The van der Waals surface area contributed by atoms with Crippen LogP contribution in [0.15, 0.2) is 39.8 Å². The molecule has 1 heterocycles. The fourth-order valence-electron chi connectivity index (χ4n) is 2.31. The zero-order valence-electron chi connectivity index (χ0n) is 15.9. The lowest BCUT2D eigenvalue weighted by Crippen LogP contribution is -2.41. The van der Waals surface area contributed by atoms with E-state index in [4.69, 9.17) is 14.0 Å². The first-order chi connectivity index (χ1) is 12.7. The first kappa shape index (κ1) is 19.6. The smallest absolute Gasteiger partial charge is 0.191 e. The molecule has 2 rings (SSSR count). The Morgan fingerprint density at radius 1 is 1.23 bits per heavy atom. The second-order valence-electron chi connectivity index (χ2n) is 5.79. The maximum atomic E-state index is 5.95. The van der Waals surface area contributed by atoms with Crippen molar-refractivity contribution in [2.75, 3.05) is 20.2 Å². The summed E-state index contributed by atoms with van der Waals surface area (Å²) in [6.07, 6.45) is 0.788. The molecule has 7 heteroatoms. The van der Waals surface area contributed by atoms with Crippen LogP contribution in [0.25, 0.3) is 0 Å². The number of para-hydroxylation sites is 2. The minimum Gasteiger partial charge on any atom is -0.493 e. The number of methoxy groups -OCH3 is 1. The first-order valence-electron chi connectivity index (χ1n) is 8.92. The molecule has 0 saturated heterocycles. The molecular formula is C19H28N4O3. The van der Waals surface area contributed by atoms with Crippen LogP contribution in [0.1, 0.15) is 32.2 Å². The van der Waals surface area contributed by atoms with E-state index in [0.717, 1.165) is 35.9 Å². The number of rotatable bonds is 9. The average Bonchev–Trinajstić information content (AvgIpc) is 3.12. The van der Waals surface area contributed by atoms with Crippen molar-refractivity contribution in [2.24, 2.45) is 4.99 Å². The van der Waals surface area contributed by atoms with E-state index in [1.165, 1.54) is 0 Å². The van der Waals surface area contributed by atoms with Crippen molar-refractivity contribution in [3.8, 4) is 11.5 Å². The van der Waals surface area contributed by atoms with Crippen LogP contribution >= 0.6 is 0 Å². The van der Waals surface area contributed by atoms with Gasteiger partial charge >= 0.3 is 0 Å². The summed E-state index contributed by atoms with van der Waals surface area (Å²) in [5, 5.41) is 10.5. The Balaban J connectivity index is 1.89. The molecule has 7 nitrogen and oxygen atoms in total. The van der Waals surface area contributed by atoms with Crippen LogP contribution in [0.3, 0.4) is 0 Å². The van der Waals surface area contributed by atoms with E-state index in [2.05, 4.69) is 20.8 Å². The number of guanidine groups is 1. The highest BCUT2D eigenvalue weighted by Gasteiger charge is 2.10. The second-order valence-corrected chi connectivity index (χ2v) is 5.79. The average molecular weight is 360 g/mol. The molecule has 0 spiro atoms. The van der Waals surface area contributed by atoms with E-state index in [-0.39, 0.29) is 6.10 Å². The summed E-state index contributed by atoms with van der Waals surface area (Å²) in [5.74, 6) is 2.90. The number of aliphatic imine (C=N–C) groups is 1. The maximum absolute atomic E-state index is 5.95. The third-order valence-electron chi connectivity index (χ3n) is 3.66. The molecule has 1 aromatic carbocycles. The molecule has 0 radical (unpaired) electrons. The molecule has 0 fully saturated rings. The lowest BCUT2D eigenvalue weighted by atomic mass is 10.3. The summed E-state index contributed by atoms with van der Waals surface area (Å²) in [6.45, 7) is 7.86. The van der Waals surface area contributed by atoms with Crippen molar-refractivity contribution in [3.63, 3.8) is 0 Å². The third kappa shape index (κ3) is 5.98. The standard InChI is InChI=1S/C19H28N4O3/c1-5-15-11-16(26-23-15)13-22-19(20-6-2)21-12-14(3)25-18-10-8-7-9-17(18)24-4/h7-11,14H,5-6,12-13H2,1-4H3,(H2,20,21,22). The normalized spacial score (nSPS) is 12.5. The number of ether oxygens (including phenoxy) is 2. The van der Waals surface area contributed by atoms with E-state index >= 15 is 0 Å². The molecule has 0 aliphatic rings. The lowest BCUT2D eigenvalue weighted by molar-refractivity contribution is 0.213. The van der Waals surface area contributed by atoms with E-state index in [9.17, 15) is 0 Å². The third-order valence-corrected chi connectivity index (χ3v) is 3.66. The molecule has 2 aromatic rings. The molecule has 142 valence electrons. The van der Waals surface area contributed by atoms with Gasteiger partial charge in [0.15, 0.2) is 23.2 Å². The number of aryl methyl sites for hydroxylation is 1. The Labute approximate surface area is 154 Å². The van der Waals surface area contributed by atoms with Gasteiger partial charge in [-0.2, -0.15) is 0 Å². The van der Waals surface area contributed by atoms with Crippen LogP contribution in [-0.2, 0) is 13.0 Å². The van der Waals surface area contributed by atoms with Crippen molar-refractivity contribution in [1.29, 1.82) is 0 Å². The van der Waals surface area contributed by atoms with Gasteiger partial charge in [0, 0.05) is 12.6 Å². The van der Waals surface area contributed by atoms with Crippen LogP contribution in [0.2, 0.25) is 0 Å². The summed E-state index contributed by atoms with van der Waals surface area (Å²) >= 11 is 0. The summed E-state index contributed by atoms with van der Waals surface area (Å²) in [5.41, 5.74) is 0.937. The van der Waals surface area contributed by atoms with Crippen molar-refractivity contribution >= 4 is 5.96 Å². The highest BCUT2D eigenvalue weighted by Crippen LogP contribution is 2.26. The number of nitrogens with zero attached hydrogens (tertiary/aromatic N) is 2. The first-order valence-corrected chi connectivity index (χ1v) is 8.92. The molecule has 0 bridgehead atoms. The summed E-state index contributed by atoms with van der Waals surface area (Å²) in [6, 6.07) is 9.54. The quantitative estimate of drug-likeness (QED) is 0.529. The molecule has 0 amide bonds. The summed E-state index contributed by atoms with van der Waals surface area (Å²) < 4.78 is 16.5. The van der Waals surface area contributed by atoms with Gasteiger partial charge in [0.1, 0.15) is 12.6 Å². The summed E-state index contributed by atoms with van der Waals surface area (Å²) in [7, 11) is 1.63. The Morgan fingerprint density at radius 2 is 2.00 bits per heavy atom. The van der Waals surface area contributed by atoms with Gasteiger partial charge in [-0.15, -0.1) is 0 Å². The molecular weight excluding hydrogens is 332 g/mol. The maximum Gasteiger partial charge on any atom is 0.191 e.